The molecule has 0 aromatic heterocycles. The molecule has 21 heavy (non-hydrogen) atoms. The fourth-order valence-corrected chi connectivity index (χ4v) is 1.78. The van der Waals surface area contributed by atoms with Gasteiger partial charge < -0.3 is 14.2 Å². The Balaban J connectivity index is 3.00. The summed E-state index contributed by atoms with van der Waals surface area (Å²) in [4.78, 5) is 33.4. The van der Waals surface area contributed by atoms with Crippen LogP contribution in [0.15, 0.2) is 30.3 Å². The van der Waals surface area contributed by atoms with Gasteiger partial charge in [-0.25, -0.2) is 0 Å². The summed E-state index contributed by atoms with van der Waals surface area (Å²) < 4.78 is 15.2. The number of hydrogen-bond donors (Lipinski definition) is 0. The van der Waals surface area contributed by atoms with Crippen molar-refractivity contribution in [2.45, 2.75) is 33.0 Å². The maximum Gasteiger partial charge on any atom is 0.303 e. The van der Waals surface area contributed by atoms with E-state index in [1.54, 1.807) is 30.3 Å². The molecule has 2 atom stereocenters. The van der Waals surface area contributed by atoms with Crippen molar-refractivity contribution in [2.24, 2.45) is 0 Å². The number of benzene rings is 1. The molecule has 6 nitrogen and oxygen atoms in total. The topological polar surface area (TPSA) is 78.9 Å². The van der Waals surface area contributed by atoms with Crippen molar-refractivity contribution in [3.8, 4) is 0 Å². The number of hydrogen-bond acceptors (Lipinski definition) is 6. The van der Waals surface area contributed by atoms with Gasteiger partial charge in [-0.2, -0.15) is 0 Å². The van der Waals surface area contributed by atoms with E-state index in [0.717, 1.165) is 0 Å². The second-order valence-corrected chi connectivity index (χ2v) is 4.39. The second-order valence-electron chi connectivity index (χ2n) is 4.39. The van der Waals surface area contributed by atoms with Gasteiger partial charge in [0.1, 0.15) is 6.61 Å². The minimum atomic E-state index is -0.905. The lowest BCUT2D eigenvalue weighted by atomic mass is 10.0. The summed E-state index contributed by atoms with van der Waals surface area (Å²) in [6.07, 6.45) is -1.75. The maximum atomic E-state index is 11.3. The Labute approximate surface area is 123 Å². The molecule has 0 aliphatic carbocycles. The van der Waals surface area contributed by atoms with Gasteiger partial charge in [-0.1, -0.05) is 30.3 Å². The number of carbonyl (C=O) groups excluding carboxylic acids is 3. The molecule has 1 aromatic rings. The van der Waals surface area contributed by atoms with Crippen molar-refractivity contribution < 1.29 is 28.6 Å². The van der Waals surface area contributed by atoms with Crippen LogP contribution in [-0.2, 0) is 28.6 Å². The van der Waals surface area contributed by atoms with Gasteiger partial charge in [-0.15, -0.1) is 0 Å². The lowest BCUT2D eigenvalue weighted by Crippen LogP contribution is -2.32. The van der Waals surface area contributed by atoms with Gasteiger partial charge in [0.2, 0.25) is 0 Å². The Morgan fingerprint density at radius 1 is 0.905 bits per heavy atom. The quantitative estimate of drug-likeness (QED) is 0.588. The SMILES string of the molecule is CC(=O)OCC(OC(C)=O)C(OC(C)=O)c1ccccc1. The van der Waals surface area contributed by atoms with E-state index < -0.39 is 30.1 Å². The van der Waals surface area contributed by atoms with Crippen molar-refractivity contribution in [1.82, 2.24) is 0 Å². The van der Waals surface area contributed by atoms with Crippen molar-refractivity contribution in [3.05, 3.63) is 35.9 Å². The first-order valence-electron chi connectivity index (χ1n) is 6.43. The Kier molecular flexibility index (Phi) is 6.39. The molecule has 0 saturated heterocycles. The van der Waals surface area contributed by atoms with Gasteiger partial charge in [0.05, 0.1) is 0 Å². The summed E-state index contributed by atoms with van der Waals surface area (Å²) in [5.41, 5.74) is 0.645. The standard InChI is InChI=1S/C15H18O6/c1-10(16)19-9-14(20-11(2)17)15(21-12(3)18)13-7-5-4-6-8-13/h4-8,14-15H,9H2,1-3H3. The summed E-state index contributed by atoms with van der Waals surface area (Å²) >= 11 is 0. The zero-order valence-electron chi connectivity index (χ0n) is 12.2. The van der Waals surface area contributed by atoms with Crippen LogP contribution in [0, 0.1) is 0 Å². The van der Waals surface area contributed by atoms with Crippen LogP contribution in [0.25, 0.3) is 0 Å². The van der Waals surface area contributed by atoms with Crippen molar-refractivity contribution in [2.75, 3.05) is 6.61 Å². The highest BCUT2D eigenvalue weighted by Gasteiger charge is 2.30. The largest absolute Gasteiger partial charge is 0.462 e. The number of carbonyl (C=O) groups is 3. The molecule has 0 aliphatic heterocycles. The fraction of sp³-hybridized carbons (Fsp3) is 0.400. The van der Waals surface area contributed by atoms with Crippen LogP contribution in [0.2, 0.25) is 0 Å². The first kappa shape index (κ1) is 16.7. The second kappa shape index (κ2) is 8.04. The Morgan fingerprint density at radius 2 is 1.48 bits per heavy atom. The van der Waals surface area contributed by atoms with Crippen LogP contribution in [0.5, 0.6) is 0 Å². The summed E-state index contributed by atoms with van der Waals surface area (Å²) in [5, 5.41) is 0. The van der Waals surface area contributed by atoms with Gasteiger partial charge in [-0.3, -0.25) is 14.4 Å². The van der Waals surface area contributed by atoms with E-state index >= 15 is 0 Å². The molecule has 0 N–H and O–H groups in total. The van der Waals surface area contributed by atoms with E-state index in [1.165, 1.54) is 20.8 Å². The van der Waals surface area contributed by atoms with Crippen molar-refractivity contribution >= 4 is 17.9 Å². The zero-order chi connectivity index (χ0) is 15.8. The molecule has 0 radical (unpaired) electrons. The molecule has 0 spiro atoms. The average Bonchev–Trinajstić information content (AvgIpc) is 2.41. The minimum absolute atomic E-state index is 0.193. The summed E-state index contributed by atoms with van der Waals surface area (Å²) in [5.74, 6) is -1.59. The molecule has 0 aliphatic rings. The van der Waals surface area contributed by atoms with Crippen LogP contribution in [0.1, 0.15) is 32.4 Å². The molecular formula is C15H18O6. The zero-order valence-corrected chi connectivity index (χ0v) is 12.2. The molecule has 0 bridgehead atoms. The third kappa shape index (κ3) is 6.07. The highest BCUT2D eigenvalue weighted by atomic mass is 16.6. The van der Waals surface area contributed by atoms with E-state index in [0.29, 0.717) is 5.56 Å². The van der Waals surface area contributed by atoms with Crippen LogP contribution in [-0.4, -0.2) is 30.6 Å². The molecule has 0 heterocycles. The maximum absolute atomic E-state index is 11.3. The van der Waals surface area contributed by atoms with E-state index in [2.05, 4.69) is 0 Å². The third-order valence-corrected chi connectivity index (χ3v) is 2.53. The Hall–Kier alpha value is -2.37. The normalized spacial score (nSPS) is 12.9. The van der Waals surface area contributed by atoms with E-state index in [-0.39, 0.29) is 6.61 Å². The summed E-state index contributed by atoms with van der Waals surface area (Å²) in [7, 11) is 0. The number of ether oxygens (including phenoxy) is 3. The van der Waals surface area contributed by atoms with E-state index in [9.17, 15) is 14.4 Å². The smallest absolute Gasteiger partial charge is 0.303 e. The highest BCUT2D eigenvalue weighted by Crippen LogP contribution is 2.24. The van der Waals surface area contributed by atoms with Crippen LogP contribution in [0.4, 0.5) is 0 Å². The third-order valence-electron chi connectivity index (χ3n) is 2.53. The molecule has 0 saturated carbocycles. The molecule has 0 amide bonds. The van der Waals surface area contributed by atoms with Gasteiger partial charge in [0.15, 0.2) is 12.2 Å². The molecule has 1 rings (SSSR count). The highest BCUT2D eigenvalue weighted by molar-refractivity contribution is 5.68. The van der Waals surface area contributed by atoms with Gasteiger partial charge in [0, 0.05) is 20.8 Å². The van der Waals surface area contributed by atoms with Gasteiger partial charge in [0.25, 0.3) is 0 Å². The monoisotopic (exact) mass is 294 g/mol. The summed E-state index contributed by atoms with van der Waals surface area (Å²) in [6.45, 7) is 3.54. The number of esters is 3. The Bertz CT molecular complexity index is 496. The minimum Gasteiger partial charge on any atom is -0.462 e. The first-order chi connectivity index (χ1) is 9.90. The average molecular weight is 294 g/mol. The number of rotatable bonds is 6. The molecule has 0 fully saturated rings. The van der Waals surface area contributed by atoms with Crippen LogP contribution < -0.4 is 0 Å². The van der Waals surface area contributed by atoms with E-state index in [1.807, 2.05) is 0 Å². The Morgan fingerprint density at radius 3 is 1.95 bits per heavy atom. The molecule has 1 aromatic carbocycles. The molecule has 114 valence electrons. The van der Waals surface area contributed by atoms with Crippen LogP contribution >= 0.6 is 0 Å². The lowest BCUT2D eigenvalue weighted by molar-refractivity contribution is -0.173. The fourth-order valence-electron chi connectivity index (χ4n) is 1.78. The molecule has 2 unspecified atom stereocenters. The molecule has 6 heteroatoms. The summed E-state index contributed by atoms with van der Waals surface area (Å²) in [6, 6.07) is 8.81. The van der Waals surface area contributed by atoms with Crippen LogP contribution in [0.3, 0.4) is 0 Å². The lowest BCUT2D eigenvalue weighted by Gasteiger charge is -2.26. The molecular weight excluding hydrogens is 276 g/mol. The van der Waals surface area contributed by atoms with Gasteiger partial charge in [-0.05, 0) is 5.56 Å². The van der Waals surface area contributed by atoms with Crippen molar-refractivity contribution in [1.29, 1.82) is 0 Å². The van der Waals surface area contributed by atoms with Gasteiger partial charge >= 0.3 is 17.9 Å². The first-order valence-corrected chi connectivity index (χ1v) is 6.43. The predicted molar refractivity (Wildman–Crippen MR) is 73.1 cm³/mol. The van der Waals surface area contributed by atoms with Crippen molar-refractivity contribution in [3.63, 3.8) is 0 Å². The van der Waals surface area contributed by atoms with E-state index in [4.69, 9.17) is 14.2 Å². The predicted octanol–water partition coefficient (Wildman–Crippen LogP) is 1.79.